The second kappa shape index (κ2) is 6.72. The lowest BCUT2D eigenvalue weighted by Crippen LogP contribution is -2.46. The van der Waals surface area contributed by atoms with Gasteiger partial charge in [-0.1, -0.05) is 0 Å². The molecule has 4 nitrogen and oxygen atoms in total. The number of hydrogen-bond donors (Lipinski definition) is 0. The highest BCUT2D eigenvalue weighted by Crippen LogP contribution is 2.43. The quantitative estimate of drug-likeness (QED) is 0.784. The zero-order valence-electron chi connectivity index (χ0n) is 15.5. The largest absolute Gasteiger partial charge is 0.496 e. The average Bonchev–Trinajstić information content (AvgIpc) is 2.57. The molecule has 1 spiro atoms. The van der Waals surface area contributed by atoms with E-state index < -0.39 is 7.14 Å². The average molecular weight is 350 g/mol. The third-order valence-corrected chi connectivity index (χ3v) is 7.51. The van der Waals surface area contributed by atoms with Gasteiger partial charge < -0.3 is 19.1 Å². The minimum Gasteiger partial charge on any atom is -0.496 e. The first-order valence-electron chi connectivity index (χ1n) is 9.00. The molecule has 0 aromatic heterocycles. The van der Waals surface area contributed by atoms with E-state index in [1.165, 1.54) is 44.5 Å². The van der Waals surface area contributed by atoms with Crippen LogP contribution in [0.3, 0.4) is 0 Å². The second-order valence-corrected chi connectivity index (χ2v) is 11.2. The topological polar surface area (TPSA) is 32.8 Å². The molecule has 1 aromatic carbocycles. The number of nitrogens with zero attached hydrogens (tertiary/aromatic N) is 2. The summed E-state index contributed by atoms with van der Waals surface area (Å²) in [5.41, 5.74) is 1.77. The fourth-order valence-corrected chi connectivity index (χ4v) is 5.26. The Morgan fingerprint density at radius 3 is 2.17 bits per heavy atom. The van der Waals surface area contributed by atoms with Crippen molar-refractivity contribution in [2.45, 2.75) is 25.7 Å². The van der Waals surface area contributed by atoms with E-state index in [4.69, 9.17) is 4.74 Å². The van der Waals surface area contributed by atoms with Gasteiger partial charge >= 0.3 is 0 Å². The van der Waals surface area contributed by atoms with Gasteiger partial charge in [0.1, 0.15) is 12.9 Å². The van der Waals surface area contributed by atoms with Crippen LogP contribution in [0.1, 0.15) is 25.7 Å². The summed E-state index contributed by atoms with van der Waals surface area (Å²) in [5, 5.41) is 0.845. The predicted molar refractivity (Wildman–Crippen MR) is 103 cm³/mol. The molecular weight excluding hydrogens is 319 g/mol. The second-order valence-electron chi connectivity index (χ2n) is 8.00. The van der Waals surface area contributed by atoms with Gasteiger partial charge in [-0.15, -0.1) is 0 Å². The Labute approximate surface area is 146 Å². The highest BCUT2D eigenvalue weighted by molar-refractivity contribution is 7.70. The van der Waals surface area contributed by atoms with Gasteiger partial charge in [0.2, 0.25) is 0 Å². The minimum atomic E-state index is -2.31. The van der Waals surface area contributed by atoms with Gasteiger partial charge in [-0.2, -0.15) is 0 Å². The van der Waals surface area contributed by atoms with Crippen molar-refractivity contribution in [1.29, 1.82) is 0 Å². The molecule has 2 aliphatic heterocycles. The van der Waals surface area contributed by atoms with Crippen LogP contribution in [0.4, 0.5) is 5.69 Å². The van der Waals surface area contributed by atoms with Crippen LogP contribution in [-0.2, 0) is 4.57 Å². The van der Waals surface area contributed by atoms with Crippen molar-refractivity contribution in [1.82, 2.24) is 4.90 Å². The third-order valence-electron chi connectivity index (χ3n) is 5.98. The molecule has 134 valence electrons. The molecule has 0 N–H and O–H groups in total. The molecular formula is C19H31N2O2P. The Bertz CT molecular complexity index is 622. The van der Waals surface area contributed by atoms with Gasteiger partial charge in [0.25, 0.3) is 0 Å². The van der Waals surface area contributed by atoms with Crippen molar-refractivity contribution in [3.8, 4) is 5.75 Å². The number of rotatable bonds is 3. The number of ether oxygens (including phenoxy) is 1. The monoisotopic (exact) mass is 350 g/mol. The summed E-state index contributed by atoms with van der Waals surface area (Å²) in [6.45, 7) is 8.31. The maximum absolute atomic E-state index is 12.4. The van der Waals surface area contributed by atoms with Crippen LogP contribution in [0.25, 0.3) is 0 Å². The summed E-state index contributed by atoms with van der Waals surface area (Å²) < 4.78 is 17.9. The molecule has 24 heavy (non-hydrogen) atoms. The van der Waals surface area contributed by atoms with Crippen LogP contribution < -0.4 is 14.9 Å². The van der Waals surface area contributed by atoms with Gasteiger partial charge in [-0.25, -0.2) is 0 Å². The van der Waals surface area contributed by atoms with E-state index in [9.17, 15) is 4.57 Å². The number of hydrogen-bond acceptors (Lipinski definition) is 4. The zero-order valence-corrected chi connectivity index (χ0v) is 16.4. The Kier molecular flexibility index (Phi) is 4.99. The highest BCUT2D eigenvalue weighted by atomic mass is 31.2. The van der Waals surface area contributed by atoms with Crippen molar-refractivity contribution >= 4 is 18.1 Å². The Morgan fingerprint density at radius 1 is 1.04 bits per heavy atom. The number of benzene rings is 1. The van der Waals surface area contributed by atoms with Gasteiger partial charge in [0.15, 0.2) is 0 Å². The van der Waals surface area contributed by atoms with Crippen LogP contribution in [0.15, 0.2) is 18.2 Å². The Morgan fingerprint density at radius 2 is 1.62 bits per heavy atom. The molecule has 2 saturated heterocycles. The zero-order chi connectivity index (χ0) is 17.4. The van der Waals surface area contributed by atoms with Crippen molar-refractivity contribution < 1.29 is 9.30 Å². The van der Waals surface area contributed by atoms with Crippen LogP contribution in [0.2, 0.25) is 0 Å². The van der Waals surface area contributed by atoms with Crippen molar-refractivity contribution in [2.24, 2.45) is 5.41 Å². The fraction of sp³-hybridized carbons (Fsp3) is 0.684. The molecule has 0 radical (unpaired) electrons. The van der Waals surface area contributed by atoms with Crippen LogP contribution in [0, 0.1) is 5.41 Å². The summed E-state index contributed by atoms with van der Waals surface area (Å²) in [4.78, 5) is 4.92. The number of likely N-dealkylation sites (tertiary alicyclic amines) is 1. The van der Waals surface area contributed by atoms with Crippen molar-refractivity contribution in [3.63, 3.8) is 0 Å². The Balaban J connectivity index is 1.72. The summed E-state index contributed by atoms with van der Waals surface area (Å²) in [6.07, 6.45) is 5.25. The molecule has 1 aromatic rings. The predicted octanol–water partition coefficient (Wildman–Crippen LogP) is 3.26. The van der Waals surface area contributed by atoms with E-state index in [1.54, 1.807) is 20.4 Å². The van der Waals surface area contributed by atoms with E-state index >= 15 is 0 Å². The lowest BCUT2D eigenvalue weighted by Gasteiger charge is -2.47. The standard InChI is InChI=1S/C19H31N2O2P/c1-20-11-7-19(8-12-20)9-13-21(14-10-19)16-5-6-18(24(3,4)22)17(15-16)23-2/h5-6,15H,7-14H2,1-4H3. The molecule has 0 unspecified atom stereocenters. The smallest absolute Gasteiger partial charge is 0.131 e. The lowest BCUT2D eigenvalue weighted by atomic mass is 9.71. The normalized spacial score (nSPS) is 21.9. The maximum Gasteiger partial charge on any atom is 0.131 e. The molecule has 0 saturated carbocycles. The minimum absolute atomic E-state index is 0.565. The van der Waals surface area contributed by atoms with E-state index in [0.29, 0.717) is 5.41 Å². The van der Waals surface area contributed by atoms with Crippen molar-refractivity contribution in [3.05, 3.63) is 18.2 Å². The number of piperidine rings is 2. The summed E-state index contributed by atoms with van der Waals surface area (Å²) in [6, 6.07) is 6.18. The van der Waals surface area contributed by atoms with Gasteiger partial charge in [0.05, 0.1) is 12.4 Å². The van der Waals surface area contributed by atoms with E-state index in [2.05, 4.69) is 29.0 Å². The van der Waals surface area contributed by atoms with Gasteiger partial charge in [-0.3, -0.25) is 0 Å². The SMILES string of the molecule is COc1cc(N2CCC3(CCN(C)CC3)CC2)ccc1P(C)(C)=O. The lowest BCUT2D eigenvalue weighted by molar-refractivity contribution is 0.0945. The number of anilines is 1. The molecule has 0 atom stereocenters. The first-order chi connectivity index (χ1) is 11.3. The molecule has 0 aliphatic carbocycles. The molecule has 3 rings (SSSR count). The van der Waals surface area contributed by atoms with Gasteiger partial charge in [0, 0.05) is 24.8 Å². The van der Waals surface area contributed by atoms with E-state index in [0.717, 1.165) is 24.1 Å². The maximum atomic E-state index is 12.4. The first-order valence-corrected chi connectivity index (χ1v) is 11.6. The van der Waals surface area contributed by atoms with Crippen LogP contribution in [0.5, 0.6) is 5.75 Å². The summed E-state index contributed by atoms with van der Waals surface area (Å²) in [7, 11) is 1.59. The first kappa shape index (κ1) is 17.8. The van der Waals surface area contributed by atoms with Gasteiger partial charge in [-0.05, 0) is 76.7 Å². The van der Waals surface area contributed by atoms with Crippen molar-refractivity contribution in [2.75, 3.05) is 58.6 Å². The molecule has 2 heterocycles. The summed E-state index contributed by atoms with van der Waals surface area (Å²) in [5.74, 6) is 0.764. The van der Waals surface area contributed by atoms with E-state index in [1.807, 2.05) is 6.07 Å². The Hall–Kier alpha value is -0.990. The molecule has 0 amide bonds. The molecule has 2 fully saturated rings. The highest BCUT2D eigenvalue weighted by Gasteiger charge is 2.37. The number of methoxy groups -OCH3 is 1. The third kappa shape index (κ3) is 3.65. The van der Waals surface area contributed by atoms with E-state index in [-0.39, 0.29) is 0 Å². The summed E-state index contributed by atoms with van der Waals surface area (Å²) >= 11 is 0. The van der Waals surface area contributed by atoms with Crippen LogP contribution in [-0.4, -0.2) is 58.6 Å². The molecule has 5 heteroatoms. The fourth-order valence-electron chi connectivity index (χ4n) is 4.14. The van der Waals surface area contributed by atoms with Crippen LogP contribution >= 0.6 is 7.14 Å². The molecule has 0 bridgehead atoms. The molecule has 2 aliphatic rings.